The van der Waals surface area contributed by atoms with Gasteiger partial charge >= 0.3 is 0 Å². The Hall–Kier alpha value is -2.34. The molecule has 0 spiro atoms. The number of carbonyl (C=O) groups excluding carboxylic acids is 1. The normalized spacial score (nSPS) is 10.1. The number of nitrogens with one attached hydrogen (secondary N) is 1. The summed E-state index contributed by atoms with van der Waals surface area (Å²) >= 11 is 5.73. The lowest BCUT2D eigenvalue weighted by atomic mass is 10.2. The minimum absolute atomic E-state index is 0.0391. The molecule has 3 N–H and O–H groups in total. The molecule has 0 atom stereocenters. The molecule has 0 aliphatic carbocycles. The molecule has 5 nitrogen and oxygen atoms in total. The summed E-state index contributed by atoms with van der Waals surface area (Å²) in [5.74, 6) is -0.563. The monoisotopic (exact) mass is 295 g/mol. The van der Waals surface area contributed by atoms with Gasteiger partial charge in [-0.3, -0.25) is 9.78 Å². The van der Waals surface area contributed by atoms with Crippen molar-refractivity contribution in [1.29, 1.82) is 0 Å². The third-order valence-electron chi connectivity index (χ3n) is 2.33. The summed E-state index contributed by atoms with van der Waals surface area (Å²) in [7, 11) is 0. The Balaban J connectivity index is 1.91. The Morgan fingerprint density at radius 2 is 2.20 bits per heavy atom. The van der Waals surface area contributed by atoms with Crippen molar-refractivity contribution in [3.63, 3.8) is 0 Å². The summed E-state index contributed by atoms with van der Waals surface area (Å²) in [5.41, 5.74) is 5.75. The summed E-state index contributed by atoms with van der Waals surface area (Å²) < 4.78 is 18.2. The molecule has 20 heavy (non-hydrogen) atoms. The first kappa shape index (κ1) is 14.1. The fraction of sp³-hybridized carbons (Fsp3) is 0.0769. The minimum Gasteiger partial charge on any atom is -0.482 e. The van der Waals surface area contributed by atoms with Crippen molar-refractivity contribution in [2.45, 2.75) is 0 Å². The molecule has 0 saturated carbocycles. The van der Waals surface area contributed by atoms with Gasteiger partial charge in [-0.1, -0.05) is 11.6 Å². The highest BCUT2D eigenvalue weighted by Gasteiger charge is 2.06. The highest BCUT2D eigenvalue weighted by Crippen LogP contribution is 2.17. The number of ether oxygens (including phenoxy) is 1. The number of benzene rings is 1. The van der Waals surface area contributed by atoms with Crippen LogP contribution in [0.1, 0.15) is 0 Å². The lowest BCUT2D eigenvalue weighted by Crippen LogP contribution is -2.20. The average Bonchev–Trinajstić information content (AvgIpc) is 2.41. The van der Waals surface area contributed by atoms with Crippen LogP contribution in [0.15, 0.2) is 36.7 Å². The van der Waals surface area contributed by atoms with Crippen LogP contribution >= 0.6 is 11.6 Å². The van der Waals surface area contributed by atoms with E-state index >= 15 is 0 Å². The van der Waals surface area contributed by atoms with Crippen LogP contribution in [0, 0.1) is 5.82 Å². The summed E-state index contributed by atoms with van der Waals surface area (Å²) in [6.45, 7) is -0.223. The number of nitrogens with zero attached hydrogens (tertiary/aromatic N) is 1. The van der Waals surface area contributed by atoms with Crippen LogP contribution in [0.25, 0.3) is 0 Å². The Morgan fingerprint density at radius 1 is 1.40 bits per heavy atom. The zero-order chi connectivity index (χ0) is 14.5. The van der Waals surface area contributed by atoms with Crippen molar-refractivity contribution in [2.24, 2.45) is 0 Å². The molecule has 1 amide bonds. The van der Waals surface area contributed by atoms with Crippen molar-refractivity contribution in [3.8, 4) is 5.75 Å². The van der Waals surface area contributed by atoms with Gasteiger partial charge in [0.1, 0.15) is 11.6 Å². The third-order valence-corrected chi connectivity index (χ3v) is 2.54. The maximum Gasteiger partial charge on any atom is 0.262 e. The molecule has 104 valence electrons. The van der Waals surface area contributed by atoms with Gasteiger partial charge < -0.3 is 15.8 Å². The number of nitrogen functional groups attached to an aromatic ring is 1. The van der Waals surface area contributed by atoms with Gasteiger partial charge in [0.05, 0.1) is 16.9 Å². The largest absolute Gasteiger partial charge is 0.482 e. The van der Waals surface area contributed by atoms with Crippen molar-refractivity contribution < 1.29 is 13.9 Å². The fourth-order valence-electron chi connectivity index (χ4n) is 1.44. The van der Waals surface area contributed by atoms with Gasteiger partial charge in [0.25, 0.3) is 5.91 Å². The highest BCUT2D eigenvalue weighted by atomic mass is 35.5. The Kier molecular flexibility index (Phi) is 4.37. The molecule has 0 bridgehead atoms. The van der Waals surface area contributed by atoms with Gasteiger partial charge in [-0.05, 0) is 18.2 Å². The Labute approximate surface area is 119 Å². The van der Waals surface area contributed by atoms with E-state index in [0.717, 1.165) is 0 Å². The van der Waals surface area contributed by atoms with Crippen molar-refractivity contribution >= 4 is 28.9 Å². The average molecular weight is 296 g/mol. The molecule has 2 rings (SSSR count). The molecule has 0 aliphatic heterocycles. The topological polar surface area (TPSA) is 77.2 Å². The predicted octanol–water partition coefficient (Wildman–Crippen LogP) is 2.47. The summed E-state index contributed by atoms with van der Waals surface area (Å²) in [4.78, 5) is 15.5. The molecule has 2 aromatic rings. The van der Waals surface area contributed by atoms with Crippen LogP contribution in [0.3, 0.4) is 0 Å². The van der Waals surface area contributed by atoms with Gasteiger partial charge in [0.15, 0.2) is 6.61 Å². The van der Waals surface area contributed by atoms with Crippen LogP contribution in [-0.4, -0.2) is 17.5 Å². The first-order valence-electron chi connectivity index (χ1n) is 5.63. The number of aromatic nitrogens is 1. The maximum atomic E-state index is 13.0. The summed E-state index contributed by atoms with van der Waals surface area (Å²) in [6, 6.07) is 5.45. The highest BCUT2D eigenvalue weighted by molar-refractivity contribution is 6.30. The second kappa shape index (κ2) is 6.21. The molecule has 1 aromatic heterocycles. The molecule has 0 unspecified atom stereocenters. The molecular formula is C13H11ClFN3O2. The van der Waals surface area contributed by atoms with Gasteiger partial charge in [-0.15, -0.1) is 0 Å². The zero-order valence-electron chi connectivity index (χ0n) is 10.3. The number of hydrogen-bond acceptors (Lipinski definition) is 4. The molecule has 1 aromatic carbocycles. The van der Waals surface area contributed by atoms with Crippen LogP contribution < -0.4 is 15.8 Å². The van der Waals surface area contributed by atoms with E-state index in [1.165, 1.54) is 36.7 Å². The van der Waals surface area contributed by atoms with E-state index in [-0.39, 0.29) is 12.3 Å². The second-order valence-electron chi connectivity index (χ2n) is 3.91. The molecule has 0 radical (unpaired) electrons. The van der Waals surface area contributed by atoms with E-state index < -0.39 is 11.7 Å². The van der Waals surface area contributed by atoms with Gasteiger partial charge in [0, 0.05) is 18.0 Å². The summed E-state index contributed by atoms with van der Waals surface area (Å²) in [5, 5.41) is 2.94. The number of rotatable bonds is 4. The number of carbonyl (C=O) groups is 1. The quantitative estimate of drug-likeness (QED) is 0.850. The van der Waals surface area contributed by atoms with E-state index in [9.17, 15) is 9.18 Å². The van der Waals surface area contributed by atoms with Crippen molar-refractivity contribution in [2.75, 3.05) is 17.7 Å². The number of halogens is 2. The van der Waals surface area contributed by atoms with Gasteiger partial charge in [-0.2, -0.15) is 0 Å². The standard InChI is InChI=1S/C13H11ClFN3O2/c14-8-3-10(6-17-5-8)20-7-13(19)18-9-1-2-11(15)12(16)4-9/h1-6H,7,16H2,(H,18,19). The SMILES string of the molecule is Nc1cc(NC(=O)COc2cncc(Cl)c2)ccc1F. The zero-order valence-corrected chi connectivity index (χ0v) is 11.0. The molecular weight excluding hydrogens is 285 g/mol. The molecule has 1 heterocycles. The Bertz CT molecular complexity index is 637. The molecule has 0 aliphatic rings. The first-order chi connectivity index (χ1) is 9.54. The van der Waals surface area contributed by atoms with E-state index in [4.69, 9.17) is 22.1 Å². The maximum absolute atomic E-state index is 13.0. The van der Waals surface area contributed by atoms with Gasteiger partial charge in [-0.25, -0.2) is 4.39 Å². The molecule has 0 saturated heterocycles. The smallest absolute Gasteiger partial charge is 0.262 e. The third kappa shape index (κ3) is 3.83. The lowest BCUT2D eigenvalue weighted by Gasteiger charge is -2.08. The predicted molar refractivity (Wildman–Crippen MR) is 74.2 cm³/mol. The fourth-order valence-corrected chi connectivity index (χ4v) is 1.60. The number of anilines is 2. The van der Waals surface area contributed by atoms with E-state index in [2.05, 4.69) is 10.3 Å². The van der Waals surface area contributed by atoms with Crippen LogP contribution in [0.5, 0.6) is 5.75 Å². The second-order valence-corrected chi connectivity index (χ2v) is 4.35. The van der Waals surface area contributed by atoms with Crippen LogP contribution in [-0.2, 0) is 4.79 Å². The number of nitrogens with two attached hydrogens (primary N) is 1. The number of pyridine rings is 1. The number of hydrogen-bond donors (Lipinski definition) is 2. The molecule has 0 fully saturated rings. The van der Waals surface area contributed by atoms with Crippen LogP contribution in [0.4, 0.5) is 15.8 Å². The minimum atomic E-state index is -0.538. The molecule has 7 heteroatoms. The van der Waals surface area contributed by atoms with Crippen molar-refractivity contribution in [1.82, 2.24) is 4.98 Å². The first-order valence-corrected chi connectivity index (χ1v) is 6.00. The van der Waals surface area contributed by atoms with E-state index in [0.29, 0.717) is 16.5 Å². The van der Waals surface area contributed by atoms with E-state index in [1.54, 1.807) is 0 Å². The van der Waals surface area contributed by atoms with Gasteiger partial charge in [0.2, 0.25) is 0 Å². The van der Waals surface area contributed by atoms with Crippen LogP contribution in [0.2, 0.25) is 5.02 Å². The van der Waals surface area contributed by atoms with E-state index in [1.807, 2.05) is 0 Å². The lowest BCUT2D eigenvalue weighted by molar-refractivity contribution is -0.118. The number of amides is 1. The summed E-state index contributed by atoms with van der Waals surface area (Å²) in [6.07, 6.45) is 2.89. The van der Waals surface area contributed by atoms with Crippen molar-refractivity contribution in [3.05, 3.63) is 47.5 Å². The Morgan fingerprint density at radius 3 is 2.90 bits per heavy atom.